The number of rotatable bonds is 11. The Bertz CT molecular complexity index is 739. The second-order valence-electron chi connectivity index (χ2n) is 11.5. The van der Waals surface area contributed by atoms with E-state index in [-0.39, 0.29) is 13.0 Å². The summed E-state index contributed by atoms with van der Waals surface area (Å²) in [5.74, 6) is -1.75. The average molecular weight is 512 g/mol. The largest absolute Gasteiger partial charge is 0.481 e. The van der Waals surface area contributed by atoms with Crippen LogP contribution >= 0.6 is 7.82 Å². The van der Waals surface area contributed by atoms with Crippen molar-refractivity contribution in [2.75, 3.05) is 19.9 Å². The third-order valence-electron chi connectivity index (χ3n) is 3.75. The molecule has 0 aliphatic rings. The molecule has 200 valence electrons. The summed E-state index contributed by atoms with van der Waals surface area (Å²) in [5.41, 5.74) is -3.69. The fourth-order valence-electron chi connectivity index (χ4n) is 2.26. The highest BCUT2D eigenvalue weighted by Gasteiger charge is 2.38. The molecule has 0 fully saturated rings. The molecular formula is C22H42NO10P. The zero-order valence-electron chi connectivity index (χ0n) is 22.3. The molecule has 0 unspecified atom stereocenters. The van der Waals surface area contributed by atoms with Gasteiger partial charge in [0.2, 0.25) is 6.79 Å². The first-order valence-corrected chi connectivity index (χ1v) is 12.4. The van der Waals surface area contributed by atoms with Crippen molar-refractivity contribution in [2.24, 2.45) is 5.41 Å². The maximum atomic E-state index is 13.1. The minimum atomic E-state index is -4.12. The van der Waals surface area contributed by atoms with Gasteiger partial charge in [0.1, 0.15) is 12.1 Å². The van der Waals surface area contributed by atoms with Gasteiger partial charge in [-0.25, -0.2) is 13.9 Å². The molecule has 0 heterocycles. The molecule has 34 heavy (non-hydrogen) atoms. The lowest BCUT2D eigenvalue weighted by molar-refractivity contribution is -0.156. The van der Waals surface area contributed by atoms with Crippen molar-refractivity contribution in [3.63, 3.8) is 0 Å². The Kier molecular flexibility index (Phi) is 11.3. The van der Waals surface area contributed by atoms with Gasteiger partial charge >= 0.3 is 25.9 Å². The number of ether oxygens (including phenoxy) is 2. The summed E-state index contributed by atoms with van der Waals surface area (Å²) in [5, 5.41) is 9.34. The number of carbonyl (C=O) groups is 3. The molecule has 0 spiro atoms. The Morgan fingerprint density at radius 1 is 0.824 bits per heavy atom. The molecule has 0 saturated heterocycles. The summed E-state index contributed by atoms with van der Waals surface area (Å²) in [6.45, 7) is 16.6. The maximum Gasteiger partial charge on any atom is 0.478 e. The van der Waals surface area contributed by atoms with E-state index in [1.54, 1.807) is 62.3 Å². The van der Waals surface area contributed by atoms with Crippen LogP contribution in [0, 0.1) is 5.41 Å². The number of esters is 1. The Morgan fingerprint density at radius 3 is 1.68 bits per heavy atom. The normalized spacial score (nSPS) is 13.4. The van der Waals surface area contributed by atoms with Crippen molar-refractivity contribution >= 4 is 25.9 Å². The molecule has 0 aromatic rings. The molecule has 1 amide bonds. The number of carboxylic acid groups (broad SMARTS) is 1. The molecule has 1 N–H and O–H groups in total. The highest BCUT2D eigenvalue weighted by molar-refractivity contribution is 7.48. The van der Waals surface area contributed by atoms with Gasteiger partial charge in [-0.1, -0.05) is 0 Å². The van der Waals surface area contributed by atoms with E-state index in [0.717, 1.165) is 4.90 Å². The first-order valence-electron chi connectivity index (χ1n) is 11.0. The van der Waals surface area contributed by atoms with E-state index in [9.17, 15) is 24.1 Å². The summed E-state index contributed by atoms with van der Waals surface area (Å²) in [6, 6.07) is 0. The van der Waals surface area contributed by atoms with Crippen molar-refractivity contribution in [1.29, 1.82) is 0 Å². The van der Waals surface area contributed by atoms with E-state index in [1.165, 1.54) is 13.8 Å². The van der Waals surface area contributed by atoms with Crippen molar-refractivity contribution in [3.8, 4) is 0 Å². The minimum absolute atomic E-state index is 0.0415. The zero-order chi connectivity index (χ0) is 27.2. The van der Waals surface area contributed by atoms with E-state index in [1.807, 2.05) is 0 Å². The van der Waals surface area contributed by atoms with Crippen LogP contribution in [0.25, 0.3) is 0 Å². The van der Waals surface area contributed by atoms with E-state index in [4.69, 9.17) is 23.0 Å². The van der Waals surface area contributed by atoms with E-state index in [2.05, 4.69) is 0 Å². The number of aliphatic carboxylic acids is 1. The first-order chi connectivity index (χ1) is 14.9. The predicted octanol–water partition coefficient (Wildman–Crippen LogP) is 4.98. The molecule has 0 aliphatic carbocycles. The van der Waals surface area contributed by atoms with Crippen LogP contribution in [0.4, 0.5) is 4.79 Å². The standard InChI is InChI=1S/C22H42NO10P/c1-19(2,3)31-16(24)14-23(13-12-22(10,11)17(25)26)18(27)29-15-30-34(28,32-20(4,5)6)33-21(7,8)9/h12-15H2,1-11H3,(H,25,26). The molecule has 0 saturated carbocycles. The quantitative estimate of drug-likeness (QED) is 0.230. The second-order valence-corrected chi connectivity index (χ2v) is 13.0. The zero-order valence-corrected chi connectivity index (χ0v) is 23.2. The Labute approximate surface area is 203 Å². The van der Waals surface area contributed by atoms with Crippen LogP contribution in [0.15, 0.2) is 0 Å². The lowest BCUT2D eigenvalue weighted by Gasteiger charge is -2.31. The van der Waals surface area contributed by atoms with E-state index < -0.39 is 61.4 Å². The van der Waals surface area contributed by atoms with Crippen LogP contribution < -0.4 is 0 Å². The summed E-state index contributed by atoms with van der Waals surface area (Å²) in [6.07, 6.45) is -0.940. The van der Waals surface area contributed by atoms with Crippen molar-refractivity contribution in [3.05, 3.63) is 0 Å². The molecular weight excluding hydrogens is 469 g/mol. The summed E-state index contributed by atoms with van der Waals surface area (Å²) in [7, 11) is -4.12. The smallest absolute Gasteiger partial charge is 0.478 e. The molecule has 0 radical (unpaired) electrons. The molecule has 0 aromatic heterocycles. The third kappa shape index (κ3) is 14.6. The molecule has 0 atom stereocenters. The van der Waals surface area contributed by atoms with Gasteiger partial charge < -0.3 is 14.6 Å². The summed E-state index contributed by atoms with van der Waals surface area (Å²) >= 11 is 0. The van der Waals surface area contributed by atoms with Gasteiger partial charge in [-0.15, -0.1) is 0 Å². The summed E-state index contributed by atoms with van der Waals surface area (Å²) < 4.78 is 39.5. The maximum absolute atomic E-state index is 13.1. The number of phosphoric acid groups is 1. The van der Waals surface area contributed by atoms with Gasteiger partial charge in [-0.3, -0.25) is 23.5 Å². The van der Waals surface area contributed by atoms with Crippen LogP contribution in [-0.4, -0.2) is 64.7 Å². The Hall–Kier alpha value is -1.68. The predicted molar refractivity (Wildman–Crippen MR) is 125 cm³/mol. The van der Waals surface area contributed by atoms with E-state index >= 15 is 0 Å². The van der Waals surface area contributed by atoms with E-state index in [0.29, 0.717) is 0 Å². The second kappa shape index (κ2) is 11.8. The number of amides is 1. The lowest BCUT2D eigenvalue weighted by atomic mass is 9.89. The fraction of sp³-hybridized carbons (Fsp3) is 0.864. The molecule has 11 nitrogen and oxygen atoms in total. The third-order valence-corrected chi connectivity index (χ3v) is 5.71. The highest BCUT2D eigenvalue weighted by Crippen LogP contribution is 2.55. The van der Waals surface area contributed by atoms with Crippen molar-refractivity contribution in [2.45, 2.75) is 99.4 Å². The van der Waals surface area contributed by atoms with Crippen LogP contribution in [0.2, 0.25) is 0 Å². The number of carboxylic acids is 1. The SMILES string of the molecule is CC(C)(C)OC(=O)CN(CCC(C)(C)C(=O)O)C(=O)OCOP(=O)(OC(C)(C)C)OC(C)(C)C. The molecule has 0 bridgehead atoms. The van der Waals surface area contributed by atoms with Gasteiger partial charge in [0, 0.05) is 6.54 Å². The lowest BCUT2D eigenvalue weighted by Crippen LogP contribution is -2.41. The van der Waals surface area contributed by atoms with Gasteiger partial charge in [0.05, 0.1) is 16.6 Å². The number of hydrogen-bond donors (Lipinski definition) is 1. The molecule has 0 aromatic carbocycles. The van der Waals surface area contributed by atoms with Gasteiger partial charge in [-0.2, -0.15) is 0 Å². The van der Waals surface area contributed by atoms with Crippen LogP contribution in [0.1, 0.15) is 82.6 Å². The minimum Gasteiger partial charge on any atom is -0.481 e. The number of phosphoric ester groups is 1. The number of nitrogens with zero attached hydrogens (tertiary/aromatic N) is 1. The monoisotopic (exact) mass is 511 g/mol. The Morgan fingerprint density at radius 2 is 1.29 bits per heavy atom. The average Bonchev–Trinajstić information content (AvgIpc) is 2.52. The topological polar surface area (TPSA) is 138 Å². The van der Waals surface area contributed by atoms with Crippen molar-refractivity contribution in [1.82, 2.24) is 4.90 Å². The fourth-order valence-corrected chi connectivity index (χ4v) is 3.93. The summed E-state index contributed by atoms with van der Waals surface area (Å²) in [4.78, 5) is 37.4. The Balaban J connectivity index is 5.40. The van der Waals surface area contributed by atoms with Gasteiger partial charge in [-0.05, 0) is 82.6 Å². The van der Waals surface area contributed by atoms with Crippen LogP contribution in [0.5, 0.6) is 0 Å². The molecule has 0 rings (SSSR count). The van der Waals surface area contributed by atoms with Gasteiger partial charge in [0.15, 0.2) is 0 Å². The molecule has 0 aliphatic heterocycles. The number of carbonyl (C=O) groups excluding carboxylic acids is 2. The molecule has 12 heteroatoms. The highest BCUT2D eigenvalue weighted by atomic mass is 31.2. The number of hydrogen-bond acceptors (Lipinski definition) is 9. The van der Waals surface area contributed by atoms with Crippen molar-refractivity contribution < 1.29 is 47.1 Å². The van der Waals surface area contributed by atoms with Gasteiger partial charge in [0.25, 0.3) is 0 Å². The first kappa shape index (κ1) is 32.3. The van der Waals surface area contributed by atoms with Crippen LogP contribution in [-0.2, 0) is 37.2 Å². The van der Waals surface area contributed by atoms with Crippen LogP contribution in [0.3, 0.4) is 0 Å².